The van der Waals surface area contributed by atoms with E-state index in [2.05, 4.69) is 22.9 Å². The zero-order chi connectivity index (χ0) is 33.1. The number of nitrogens with zero attached hydrogens (tertiary/aromatic N) is 1. The molecule has 0 fully saturated rings. The minimum Gasteiger partial charge on any atom is -0.379 e. The number of unbranched alkanes of at least 4 members (excludes halogenated alkanes) is 9. The Kier molecular flexibility index (Phi) is 22.9. The van der Waals surface area contributed by atoms with Crippen molar-refractivity contribution in [3.63, 3.8) is 0 Å². The molecule has 1 rings (SSSR count). The summed E-state index contributed by atoms with van der Waals surface area (Å²) in [5, 5.41) is 8.21. The smallest absolute Gasteiger partial charge is 0.253 e. The van der Waals surface area contributed by atoms with Gasteiger partial charge >= 0.3 is 0 Å². The van der Waals surface area contributed by atoms with E-state index >= 15 is 0 Å². The molecule has 1 heterocycles. The van der Waals surface area contributed by atoms with Crippen molar-refractivity contribution < 1.29 is 38.2 Å². The molecule has 0 aromatic carbocycles. The highest BCUT2D eigenvalue weighted by atomic mass is 16.5. The molecule has 5 N–H and O–H groups in total. The number of nitrogens with one attached hydrogen (secondary N) is 3. The number of rotatable bonds is 29. The van der Waals surface area contributed by atoms with Gasteiger partial charge in [0.1, 0.15) is 6.04 Å². The van der Waals surface area contributed by atoms with Gasteiger partial charge in [0.2, 0.25) is 23.6 Å². The summed E-state index contributed by atoms with van der Waals surface area (Å²) in [6.07, 6.45) is 15.2. The lowest BCUT2D eigenvalue weighted by Crippen LogP contribution is -2.44. The van der Waals surface area contributed by atoms with Gasteiger partial charge < -0.3 is 31.2 Å². The molecule has 1 atom stereocenters. The molecule has 0 aliphatic carbocycles. The maximum absolute atomic E-state index is 12.2. The number of primary amides is 1. The lowest BCUT2D eigenvalue weighted by atomic mass is 10.1. The number of hydrogen-bond acceptors (Lipinski definition) is 8. The maximum atomic E-state index is 12.2. The third-order valence-corrected chi connectivity index (χ3v) is 7.30. The van der Waals surface area contributed by atoms with Gasteiger partial charge in [0.05, 0.1) is 26.4 Å². The van der Waals surface area contributed by atoms with E-state index in [9.17, 15) is 28.8 Å². The average molecular weight is 638 g/mol. The first-order chi connectivity index (χ1) is 21.7. The fourth-order valence-electron chi connectivity index (χ4n) is 4.64. The Morgan fingerprint density at radius 3 is 1.91 bits per heavy atom. The van der Waals surface area contributed by atoms with Crippen molar-refractivity contribution in [3.05, 3.63) is 12.2 Å². The first-order valence-electron chi connectivity index (χ1n) is 16.6. The van der Waals surface area contributed by atoms with Crippen LogP contribution in [0.2, 0.25) is 0 Å². The lowest BCUT2D eigenvalue weighted by Gasteiger charge is -2.15. The number of carbonyl (C=O) groups is 6. The van der Waals surface area contributed by atoms with Gasteiger partial charge in [-0.3, -0.25) is 33.7 Å². The van der Waals surface area contributed by atoms with E-state index in [1.165, 1.54) is 50.7 Å². The standard InChI is InChI=1S/C32H55N5O8/c1-2-3-4-5-6-7-8-9-10-14-29(40)36-26(32(33)43)13-11-12-19-34-28(39)18-22-44-24-25-45-23-20-35-27(38)17-21-37-30(41)15-16-31(37)42/h15-16,26H,2-14,17-25H2,1H3,(H2,33,43)(H,34,39)(H,35,38)(H,36,40). The number of amides is 6. The van der Waals surface area contributed by atoms with E-state index in [4.69, 9.17) is 15.2 Å². The summed E-state index contributed by atoms with van der Waals surface area (Å²) < 4.78 is 10.8. The lowest BCUT2D eigenvalue weighted by molar-refractivity contribution is -0.137. The molecule has 1 aliphatic rings. The number of carbonyl (C=O) groups excluding carboxylic acids is 6. The number of imide groups is 1. The molecule has 0 saturated heterocycles. The van der Waals surface area contributed by atoms with Crippen LogP contribution >= 0.6 is 0 Å². The summed E-state index contributed by atoms with van der Waals surface area (Å²) in [4.78, 5) is 71.7. The van der Waals surface area contributed by atoms with Crippen LogP contribution in [0.25, 0.3) is 0 Å². The summed E-state index contributed by atoms with van der Waals surface area (Å²) in [7, 11) is 0. The molecule has 0 aromatic heterocycles. The normalized spacial score (nSPS) is 13.2. The Hall–Kier alpha value is -3.32. The van der Waals surface area contributed by atoms with Crippen molar-refractivity contribution in [2.75, 3.05) is 46.1 Å². The van der Waals surface area contributed by atoms with E-state index in [0.29, 0.717) is 45.4 Å². The highest BCUT2D eigenvalue weighted by Crippen LogP contribution is 2.11. The first-order valence-corrected chi connectivity index (χ1v) is 16.6. The average Bonchev–Trinajstić information content (AvgIpc) is 3.33. The third-order valence-electron chi connectivity index (χ3n) is 7.30. The van der Waals surface area contributed by atoms with Crippen molar-refractivity contribution in [2.24, 2.45) is 5.73 Å². The molecular weight excluding hydrogens is 582 g/mol. The van der Waals surface area contributed by atoms with Gasteiger partial charge in [-0.2, -0.15) is 0 Å². The second-order valence-corrected chi connectivity index (χ2v) is 11.2. The van der Waals surface area contributed by atoms with Gasteiger partial charge in [-0.15, -0.1) is 0 Å². The van der Waals surface area contributed by atoms with E-state index in [1.54, 1.807) is 0 Å². The van der Waals surface area contributed by atoms with Crippen molar-refractivity contribution in [2.45, 2.75) is 109 Å². The minimum atomic E-state index is -0.699. The minimum absolute atomic E-state index is 0.0237. The van der Waals surface area contributed by atoms with E-state index < -0.39 is 23.8 Å². The third kappa shape index (κ3) is 21.1. The Labute approximate surface area is 267 Å². The van der Waals surface area contributed by atoms with Crippen LogP contribution in [0.4, 0.5) is 0 Å². The molecule has 0 aromatic rings. The largest absolute Gasteiger partial charge is 0.379 e. The predicted octanol–water partition coefficient (Wildman–Crippen LogP) is 2.02. The fraction of sp³-hybridized carbons (Fsp3) is 0.750. The molecule has 0 radical (unpaired) electrons. The molecule has 0 spiro atoms. The highest BCUT2D eigenvalue weighted by molar-refractivity contribution is 6.13. The summed E-state index contributed by atoms with van der Waals surface area (Å²) in [6.45, 7) is 4.10. The predicted molar refractivity (Wildman–Crippen MR) is 170 cm³/mol. The molecule has 0 bridgehead atoms. The zero-order valence-electron chi connectivity index (χ0n) is 27.1. The quantitative estimate of drug-likeness (QED) is 0.0708. The molecule has 13 heteroatoms. The van der Waals surface area contributed by atoms with E-state index in [-0.39, 0.29) is 56.9 Å². The molecule has 1 aliphatic heterocycles. The molecule has 13 nitrogen and oxygen atoms in total. The second-order valence-electron chi connectivity index (χ2n) is 11.2. The Bertz CT molecular complexity index is 925. The SMILES string of the molecule is CCCCCCCCCCCC(=O)NC(CCCCNC(=O)CCOCCOCCNC(=O)CCN1C(=O)C=CC1=O)C(N)=O. The molecular formula is C32H55N5O8. The molecule has 45 heavy (non-hydrogen) atoms. The van der Waals surface area contributed by atoms with Gasteiger partial charge in [-0.1, -0.05) is 58.3 Å². The van der Waals surface area contributed by atoms with Crippen LogP contribution in [-0.4, -0.2) is 92.4 Å². The molecule has 0 saturated carbocycles. The van der Waals surface area contributed by atoms with Gasteiger partial charge in [-0.05, 0) is 25.7 Å². The van der Waals surface area contributed by atoms with Gasteiger partial charge in [0.25, 0.3) is 11.8 Å². The topological polar surface area (TPSA) is 186 Å². The summed E-state index contributed by atoms with van der Waals surface area (Å²) >= 11 is 0. The first kappa shape index (κ1) is 39.7. The van der Waals surface area contributed by atoms with Crippen LogP contribution in [0.15, 0.2) is 12.2 Å². The van der Waals surface area contributed by atoms with Crippen LogP contribution in [0.5, 0.6) is 0 Å². The van der Waals surface area contributed by atoms with Crippen LogP contribution in [-0.2, 0) is 38.2 Å². The van der Waals surface area contributed by atoms with E-state index in [1.807, 2.05) is 0 Å². The Morgan fingerprint density at radius 2 is 1.27 bits per heavy atom. The van der Waals surface area contributed by atoms with Crippen molar-refractivity contribution >= 4 is 35.4 Å². The maximum Gasteiger partial charge on any atom is 0.253 e. The van der Waals surface area contributed by atoms with Gasteiger partial charge in [0, 0.05) is 51.0 Å². The van der Waals surface area contributed by atoms with Gasteiger partial charge in [-0.25, -0.2) is 0 Å². The highest BCUT2D eigenvalue weighted by Gasteiger charge is 2.23. The number of nitrogens with two attached hydrogens (primary N) is 1. The monoisotopic (exact) mass is 637 g/mol. The van der Waals surface area contributed by atoms with Crippen LogP contribution < -0.4 is 21.7 Å². The summed E-state index contributed by atoms with van der Waals surface area (Å²) in [6, 6.07) is -0.699. The van der Waals surface area contributed by atoms with Crippen molar-refractivity contribution in [3.8, 4) is 0 Å². The second kappa shape index (κ2) is 26.0. The Morgan fingerprint density at radius 1 is 0.689 bits per heavy atom. The van der Waals surface area contributed by atoms with Crippen LogP contribution in [0.1, 0.15) is 103 Å². The number of ether oxygens (including phenoxy) is 2. The molecule has 6 amide bonds. The fourth-order valence-corrected chi connectivity index (χ4v) is 4.64. The van der Waals surface area contributed by atoms with E-state index in [0.717, 1.165) is 24.2 Å². The molecule has 256 valence electrons. The van der Waals surface area contributed by atoms with Crippen molar-refractivity contribution in [1.82, 2.24) is 20.9 Å². The van der Waals surface area contributed by atoms with Crippen molar-refractivity contribution in [1.29, 1.82) is 0 Å². The summed E-state index contributed by atoms with van der Waals surface area (Å²) in [5.41, 5.74) is 5.47. The molecule has 1 unspecified atom stereocenters. The van der Waals surface area contributed by atoms with Crippen LogP contribution in [0, 0.1) is 0 Å². The Balaban J connectivity index is 1.94. The summed E-state index contributed by atoms with van der Waals surface area (Å²) in [5.74, 6) is -1.95. The number of hydrogen-bond donors (Lipinski definition) is 4. The van der Waals surface area contributed by atoms with Crippen LogP contribution in [0.3, 0.4) is 0 Å². The van der Waals surface area contributed by atoms with Gasteiger partial charge in [0.15, 0.2) is 0 Å². The zero-order valence-corrected chi connectivity index (χ0v) is 27.1.